The molecule has 0 fully saturated rings. The number of hydrogen-bond acceptors (Lipinski definition) is 3. The average Bonchev–Trinajstić information content (AvgIpc) is 3.01. The SMILES string of the molecule is CCNC(c1cc2sccc2s1)c1cc(Cl)c(Br)cc1F. The van der Waals surface area contributed by atoms with Gasteiger partial charge < -0.3 is 5.32 Å². The molecule has 0 amide bonds. The molecule has 1 aromatic carbocycles. The maximum Gasteiger partial charge on any atom is 0.129 e. The Morgan fingerprint density at radius 3 is 2.86 bits per heavy atom. The minimum absolute atomic E-state index is 0.176. The molecule has 1 N–H and O–H groups in total. The van der Waals surface area contributed by atoms with E-state index in [1.54, 1.807) is 28.7 Å². The summed E-state index contributed by atoms with van der Waals surface area (Å²) in [6.07, 6.45) is 0. The first-order valence-electron chi connectivity index (χ1n) is 6.45. The molecular weight excluding hydrogens is 393 g/mol. The zero-order chi connectivity index (χ0) is 15.0. The molecule has 0 bridgehead atoms. The summed E-state index contributed by atoms with van der Waals surface area (Å²) in [7, 11) is 0. The lowest BCUT2D eigenvalue weighted by molar-refractivity contribution is 0.562. The molecule has 0 aliphatic heterocycles. The predicted molar refractivity (Wildman–Crippen MR) is 94.3 cm³/mol. The van der Waals surface area contributed by atoms with Crippen molar-refractivity contribution in [3.63, 3.8) is 0 Å². The van der Waals surface area contributed by atoms with Crippen LogP contribution in [0.1, 0.15) is 23.4 Å². The summed E-state index contributed by atoms with van der Waals surface area (Å²) < 4.78 is 17.4. The van der Waals surface area contributed by atoms with E-state index in [1.165, 1.54) is 15.5 Å². The average molecular weight is 405 g/mol. The molecule has 2 heterocycles. The third-order valence-electron chi connectivity index (χ3n) is 3.20. The van der Waals surface area contributed by atoms with Crippen LogP contribution in [0.5, 0.6) is 0 Å². The van der Waals surface area contributed by atoms with E-state index in [9.17, 15) is 4.39 Å². The summed E-state index contributed by atoms with van der Waals surface area (Å²) in [5.74, 6) is -0.256. The van der Waals surface area contributed by atoms with Crippen LogP contribution in [-0.4, -0.2) is 6.54 Å². The van der Waals surface area contributed by atoms with Crippen LogP contribution in [-0.2, 0) is 0 Å². The molecule has 0 radical (unpaired) electrons. The van der Waals surface area contributed by atoms with Crippen LogP contribution in [0.4, 0.5) is 4.39 Å². The molecule has 1 nitrogen and oxygen atoms in total. The van der Waals surface area contributed by atoms with Crippen molar-refractivity contribution in [2.24, 2.45) is 0 Å². The van der Waals surface area contributed by atoms with Crippen LogP contribution in [0, 0.1) is 5.82 Å². The lowest BCUT2D eigenvalue weighted by Gasteiger charge is -2.18. The Balaban J connectivity index is 2.09. The van der Waals surface area contributed by atoms with E-state index in [0.29, 0.717) is 15.1 Å². The monoisotopic (exact) mass is 403 g/mol. The molecule has 0 saturated heterocycles. The summed E-state index contributed by atoms with van der Waals surface area (Å²) in [4.78, 5) is 1.11. The fourth-order valence-corrected chi connectivity index (χ4v) is 4.96. The zero-order valence-corrected chi connectivity index (χ0v) is 15.1. The lowest BCUT2D eigenvalue weighted by Crippen LogP contribution is -2.22. The van der Waals surface area contributed by atoms with Crippen LogP contribution >= 0.6 is 50.2 Å². The van der Waals surface area contributed by atoms with Crippen LogP contribution < -0.4 is 5.32 Å². The van der Waals surface area contributed by atoms with E-state index < -0.39 is 0 Å². The molecule has 1 atom stereocenters. The van der Waals surface area contributed by atoms with Crippen LogP contribution in [0.15, 0.2) is 34.1 Å². The summed E-state index contributed by atoms with van der Waals surface area (Å²) in [5, 5.41) is 5.95. The smallest absolute Gasteiger partial charge is 0.129 e. The van der Waals surface area contributed by atoms with Gasteiger partial charge in [-0.25, -0.2) is 4.39 Å². The van der Waals surface area contributed by atoms with Gasteiger partial charge in [0, 0.05) is 24.3 Å². The molecule has 0 aliphatic carbocycles. The minimum atomic E-state index is -0.256. The number of benzene rings is 1. The van der Waals surface area contributed by atoms with Gasteiger partial charge in [-0.3, -0.25) is 0 Å². The molecule has 0 saturated carbocycles. The van der Waals surface area contributed by atoms with Crippen molar-refractivity contribution in [2.75, 3.05) is 6.54 Å². The second-order valence-corrected chi connectivity index (χ2v) is 7.90. The highest BCUT2D eigenvalue weighted by Crippen LogP contribution is 2.38. The third-order valence-corrected chi connectivity index (χ3v) is 6.56. The van der Waals surface area contributed by atoms with Crippen LogP contribution in [0.3, 0.4) is 0 Å². The van der Waals surface area contributed by atoms with E-state index in [0.717, 1.165) is 11.4 Å². The maximum atomic E-state index is 14.3. The molecule has 0 aliphatic rings. The molecule has 0 spiro atoms. The van der Waals surface area contributed by atoms with Gasteiger partial charge >= 0.3 is 0 Å². The minimum Gasteiger partial charge on any atom is -0.306 e. The lowest BCUT2D eigenvalue weighted by atomic mass is 10.0. The van der Waals surface area contributed by atoms with E-state index in [-0.39, 0.29) is 11.9 Å². The van der Waals surface area contributed by atoms with Crippen molar-refractivity contribution >= 4 is 59.6 Å². The quantitative estimate of drug-likeness (QED) is 0.509. The molecule has 110 valence electrons. The molecule has 2 aromatic heterocycles. The fraction of sp³-hybridized carbons (Fsp3) is 0.200. The summed E-state index contributed by atoms with van der Waals surface area (Å²) in [6.45, 7) is 2.77. The van der Waals surface area contributed by atoms with E-state index in [1.807, 2.05) is 6.92 Å². The Morgan fingerprint density at radius 2 is 2.14 bits per heavy atom. The predicted octanol–water partition coefficient (Wildman–Crippen LogP) is 6.22. The van der Waals surface area contributed by atoms with Crippen molar-refractivity contribution in [3.8, 4) is 0 Å². The Kier molecular flexibility index (Phi) is 4.66. The number of fused-ring (bicyclic) bond motifs is 1. The highest BCUT2D eigenvalue weighted by Gasteiger charge is 2.21. The summed E-state index contributed by atoms with van der Waals surface area (Å²) in [6, 6.07) is 7.18. The van der Waals surface area contributed by atoms with Crippen molar-refractivity contribution in [1.29, 1.82) is 0 Å². The molecule has 1 unspecified atom stereocenters. The van der Waals surface area contributed by atoms with Gasteiger partial charge in [-0.15, -0.1) is 22.7 Å². The van der Waals surface area contributed by atoms with Gasteiger partial charge in [0.05, 0.1) is 11.1 Å². The second kappa shape index (κ2) is 6.34. The Bertz CT molecular complexity index is 755. The molecule has 6 heteroatoms. The second-order valence-electron chi connectivity index (χ2n) is 4.58. The first-order valence-corrected chi connectivity index (χ1v) is 9.31. The normalized spacial score (nSPS) is 13.0. The van der Waals surface area contributed by atoms with Gasteiger partial charge in [0.25, 0.3) is 0 Å². The zero-order valence-electron chi connectivity index (χ0n) is 11.1. The Morgan fingerprint density at radius 1 is 1.33 bits per heavy atom. The number of nitrogens with one attached hydrogen (secondary N) is 1. The van der Waals surface area contributed by atoms with E-state index >= 15 is 0 Å². The number of hydrogen-bond donors (Lipinski definition) is 1. The topological polar surface area (TPSA) is 12.0 Å². The third kappa shape index (κ3) is 3.03. The number of thiophene rings is 2. The number of rotatable bonds is 4. The Labute approximate surface area is 143 Å². The van der Waals surface area contributed by atoms with Crippen molar-refractivity contribution in [1.82, 2.24) is 5.32 Å². The number of halogens is 3. The first-order chi connectivity index (χ1) is 10.1. The van der Waals surface area contributed by atoms with Crippen LogP contribution in [0.25, 0.3) is 9.40 Å². The van der Waals surface area contributed by atoms with Gasteiger partial charge in [-0.2, -0.15) is 0 Å². The molecular formula is C15H12BrClFNS2. The largest absolute Gasteiger partial charge is 0.306 e. The van der Waals surface area contributed by atoms with Gasteiger partial charge in [-0.05, 0) is 52.1 Å². The van der Waals surface area contributed by atoms with E-state index in [2.05, 4.69) is 38.8 Å². The van der Waals surface area contributed by atoms with Gasteiger partial charge in [0.15, 0.2) is 0 Å². The summed E-state index contributed by atoms with van der Waals surface area (Å²) in [5.41, 5.74) is 0.582. The van der Waals surface area contributed by atoms with Crippen molar-refractivity contribution in [2.45, 2.75) is 13.0 Å². The van der Waals surface area contributed by atoms with Gasteiger partial charge in [-0.1, -0.05) is 18.5 Å². The fourth-order valence-electron chi connectivity index (χ4n) is 2.25. The first kappa shape index (κ1) is 15.4. The summed E-state index contributed by atoms with van der Waals surface area (Å²) >= 11 is 12.8. The molecule has 3 aromatic rings. The van der Waals surface area contributed by atoms with E-state index in [4.69, 9.17) is 11.6 Å². The highest BCUT2D eigenvalue weighted by molar-refractivity contribution is 9.10. The Hall–Kier alpha value is -0.460. The van der Waals surface area contributed by atoms with Crippen LogP contribution in [0.2, 0.25) is 5.02 Å². The van der Waals surface area contributed by atoms with Gasteiger partial charge in [0.1, 0.15) is 5.82 Å². The maximum absolute atomic E-state index is 14.3. The van der Waals surface area contributed by atoms with Gasteiger partial charge in [0.2, 0.25) is 0 Å². The molecule has 3 rings (SSSR count). The highest BCUT2D eigenvalue weighted by atomic mass is 79.9. The van der Waals surface area contributed by atoms with Crippen molar-refractivity contribution < 1.29 is 4.39 Å². The molecule has 21 heavy (non-hydrogen) atoms. The standard InChI is InChI=1S/C15H12BrClFNS2/c1-2-19-15(8-5-10(17)9(16)6-11(8)18)14-7-13-12(21-14)3-4-20-13/h3-7,15,19H,2H2,1H3. The van der Waals surface area contributed by atoms with Crippen molar-refractivity contribution in [3.05, 3.63) is 55.4 Å².